The summed E-state index contributed by atoms with van der Waals surface area (Å²) in [6.45, 7) is 4.17. The minimum atomic E-state index is -4.65. The van der Waals surface area contributed by atoms with Crippen LogP contribution in [0.15, 0.2) is 97.2 Å². The Kier molecular flexibility index (Phi) is 74.7. The molecule has 2 unspecified atom stereocenters. The van der Waals surface area contributed by atoms with Crippen LogP contribution in [-0.2, 0) is 32.7 Å². The van der Waals surface area contributed by atoms with Gasteiger partial charge in [0, 0.05) is 12.8 Å². The number of rotatable bonds is 77. The van der Waals surface area contributed by atoms with Crippen molar-refractivity contribution in [2.75, 3.05) is 47.5 Å². The third-order valence-electron chi connectivity index (χ3n) is 18.4. The molecular formula is C87H158NO8P. The van der Waals surface area contributed by atoms with Crippen molar-refractivity contribution in [3.63, 3.8) is 0 Å². The molecule has 0 fully saturated rings. The highest BCUT2D eigenvalue weighted by Crippen LogP contribution is 2.38. The molecule has 0 N–H and O–H groups in total. The van der Waals surface area contributed by atoms with Crippen LogP contribution in [0.4, 0.5) is 0 Å². The zero-order valence-electron chi connectivity index (χ0n) is 64.5. The molecule has 0 saturated heterocycles. The normalized spacial score (nSPS) is 13.5. The summed E-state index contributed by atoms with van der Waals surface area (Å²) in [5.74, 6) is -0.831. The minimum Gasteiger partial charge on any atom is -0.756 e. The molecule has 0 aromatic carbocycles. The van der Waals surface area contributed by atoms with Gasteiger partial charge in [-0.1, -0.05) is 400 Å². The van der Waals surface area contributed by atoms with Crippen LogP contribution in [0.25, 0.3) is 0 Å². The summed E-state index contributed by atoms with van der Waals surface area (Å²) in [7, 11) is 1.16. The number of quaternary nitrogens is 1. The van der Waals surface area contributed by atoms with Gasteiger partial charge >= 0.3 is 11.9 Å². The van der Waals surface area contributed by atoms with Gasteiger partial charge in [0.25, 0.3) is 7.82 Å². The van der Waals surface area contributed by atoms with Crippen LogP contribution < -0.4 is 4.89 Å². The van der Waals surface area contributed by atoms with Gasteiger partial charge < -0.3 is 27.9 Å². The number of esters is 2. The summed E-state index contributed by atoms with van der Waals surface area (Å²) in [5.41, 5.74) is 0. The first-order chi connectivity index (χ1) is 47.5. The van der Waals surface area contributed by atoms with Gasteiger partial charge in [-0.3, -0.25) is 14.2 Å². The summed E-state index contributed by atoms with van der Waals surface area (Å²) in [5, 5.41) is 0. The zero-order chi connectivity index (χ0) is 70.4. The first kappa shape index (κ1) is 93.9. The van der Waals surface area contributed by atoms with Gasteiger partial charge in [0.2, 0.25) is 0 Å². The second-order valence-corrected chi connectivity index (χ2v) is 30.5. The molecule has 10 heteroatoms. The molecule has 9 nitrogen and oxygen atoms in total. The predicted octanol–water partition coefficient (Wildman–Crippen LogP) is 27.2. The van der Waals surface area contributed by atoms with Crippen LogP contribution in [0.3, 0.4) is 0 Å². The van der Waals surface area contributed by atoms with Gasteiger partial charge in [0.05, 0.1) is 27.7 Å². The van der Waals surface area contributed by atoms with Crippen molar-refractivity contribution in [1.29, 1.82) is 0 Å². The molecule has 0 spiro atoms. The highest BCUT2D eigenvalue weighted by Gasteiger charge is 2.22. The number of phosphoric acid groups is 1. The minimum absolute atomic E-state index is 0.0351. The van der Waals surface area contributed by atoms with Crippen LogP contribution >= 0.6 is 7.82 Å². The van der Waals surface area contributed by atoms with E-state index in [9.17, 15) is 19.0 Å². The Balaban J connectivity index is 3.94. The fourth-order valence-corrected chi connectivity index (χ4v) is 12.8. The van der Waals surface area contributed by atoms with Gasteiger partial charge in [-0.05, 0) is 77.0 Å². The van der Waals surface area contributed by atoms with Crippen LogP contribution in [-0.4, -0.2) is 70.0 Å². The monoisotopic (exact) mass is 1380 g/mol. The van der Waals surface area contributed by atoms with Gasteiger partial charge in [0.1, 0.15) is 19.8 Å². The largest absolute Gasteiger partial charge is 0.756 e. The molecule has 0 aromatic rings. The molecule has 564 valence electrons. The Morgan fingerprint density at radius 2 is 0.588 bits per heavy atom. The number of hydrogen-bond acceptors (Lipinski definition) is 8. The fourth-order valence-electron chi connectivity index (χ4n) is 12.1. The van der Waals surface area contributed by atoms with Crippen molar-refractivity contribution in [3.8, 4) is 0 Å². The first-order valence-electron chi connectivity index (χ1n) is 41.4. The zero-order valence-corrected chi connectivity index (χ0v) is 65.4. The Bertz CT molecular complexity index is 1960. The van der Waals surface area contributed by atoms with Gasteiger partial charge in [0.15, 0.2) is 6.10 Å². The number of ether oxygens (including phenoxy) is 2. The molecule has 0 bridgehead atoms. The topological polar surface area (TPSA) is 111 Å². The SMILES string of the molecule is CC/C=C\C/C=C\C/C=C\C/C=C\C/C=C\C/C=C\C/C=C\C/C=C\CCCCCCCCCCC(=O)OC(COC(=O)CCCCCCCCCCCCCCCCCCCCCCCCCCCCCCCCCCCCCCCCCC)COP(=O)([O-])OCC[N+](C)(C)C. The number of hydrogen-bond donors (Lipinski definition) is 0. The second-order valence-electron chi connectivity index (χ2n) is 29.1. The third-order valence-corrected chi connectivity index (χ3v) is 19.3. The lowest BCUT2D eigenvalue weighted by Gasteiger charge is -2.28. The van der Waals surface area contributed by atoms with Crippen LogP contribution in [0.1, 0.15) is 393 Å². The molecule has 0 amide bonds. The number of nitrogens with zero attached hydrogens (tertiary/aromatic N) is 1. The van der Waals surface area contributed by atoms with E-state index in [0.717, 1.165) is 96.3 Å². The first-order valence-corrected chi connectivity index (χ1v) is 42.9. The lowest BCUT2D eigenvalue weighted by molar-refractivity contribution is -0.870. The number of allylic oxidation sites excluding steroid dienone is 16. The quantitative estimate of drug-likeness (QED) is 0.0195. The van der Waals surface area contributed by atoms with E-state index in [-0.39, 0.29) is 32.0 Å². The van der Waals surface area contributed by atoms with Crippen molar-refractivity contribution in [1.82, 2.24) is 0 Å². The summed E-state index contributed by atoms with van der Waals surface area (Å²) < 4.78 is 34.4. The second kappa shape index (κ2) is 77.1. The summed E-state index contributed by atoms with van der Waals surface area (Å²) >= 11 is 0. The average Bonchev–Trinajstić information content (AvgIpc) is 1.58. The van der Waals surface area contributed by atoms with Crippen LogP contribution in [0.2, 0.25) is 0 Å². The number of phosphoric ester groups is 1. The van der Waals surface area contributed by atoms with E-state index in [1.54, 1.807) is 0 Å². The van der Waals surface area contributed by atoms with Gasteiger partial charge in [-0.25, -0.2) is 0 Å². The summed E-state index contributed by atoms with van der Waals surface area (Å²) in [6, 6.07) is 0. The van der Waals surface area contributed by atoms with Crippen molar-refractivity contribution < 1.29 is 42.1 Å². The fraction of sp³-hybridized carbons (Fsp3) is 0.793. The van der Waals surface area contributed by atoms with Gasteiger partial charge in [-0.2, -0.15) is 0 Å². The van der Waals surface area contributed by atoms with E-state index in [1.165, 1.54) is 263 Å². The number of carbonyl (C=O) groups is 2. The van der Waals surface area contributed by atoms with Crippen molar-refractivity contribution in [2.45, 2.75) is 399 Å². The van der Waals surface area contributed by atoms with E-state index >= 15 is 0 Å². The molecule has 97 heavy (non-hydrogen) atoms. The average molecular weight is 1380 g/mol. The highest BCUT2D eigenvalue weighted by atomic mass is 31.2. The molecule has 2 atom stereocenters. The van der Waals surface area contributed by atoms with Crippen molar-refractivity contribution in [3.05, 3.63) is 97.2 Å². The van der Waals surface area contributed by atoms with E-state index in [0.29, 0.717) is 17.4 Å². The maximum Gasteiger partial charge on any atom is 0.306 e. The molecular weight excluding hydrogens is 1220 g/mol. The molecule has 0 aliphatic rings. The van der Waals surface area contributed by atoms with Crippen LogP contribution in [0, 0.1) is 0 Å². The summed E-state index contributed by atoms with van der Waals surface area (Å²) in [6.07, 6.45) is 108. The third kappa shape index (κ3) is 81.8. The number of likely N-dealkylation sites (N-methyl/N-ethyl adjacent to an activating group) is 1. The molecule has 0 saturated carbocycles. The maximum atomic E-state index is 12.9. The van der Waals surface area contributed by atoms with E-state index in [1.807, 2.05) is 21.1 Å². The Morgan fingerprint density at radius 1 is 0.330 bits per heavy atom. The molecule has 0 radical (unpaired) electrons. The smallest absolute Gasteiger partial charge is 0.306 e. The summed E-state index contributed by atoms with van der Waals surface area (Å²) in [4.78, 5) is 38.2. The lowest BCUT2D eigenvalue weighted by Crippen LogP contribution is -2.37. The Hall–Kier alpha value is -3.07. The Morgan fingerprint density at radius 3 is 0.876 bits per heavy atom. The van der Waals surface area contributed by atoms with Gasteiger partial charge in [-0.15, -0.1) is 0 Å². The highest BCUT2D eigenvalue weighted by molar-refractivity contribution is 7.45. The molecule has 0 aliphatic carbocycles. The van der Waals surface area contributed by atoms with Crippen LogP contribution in [0.5, 0.6) is 0 Å². The van der Waals surface area contributed by atoms with E-state index in [4.69, 9.17) is 18.5 Å². The van der Waals surface area contributed by atoms with E-state index < -0.39 is 26.5 Å². The number of carbonyl (C=O) groups excluding carboxylic acids is 2. The molecule has 0 aliphatic heterocycles. The van der Waals surface area contributed by atoms with Crippen molar-refractivity contribution >= 4 is 19.8 Å². The van der Waals surface area contributed by atoms with E-state index in [2.05, 4.69) is 111 Å². The molecule has 0 rings (SSSR count). The number of unbranched alkanes of at least 4 members (excludes halogenated alkanes) is 47. The predicted molar refractivity (Wildman–Crippen MR) is 420 cm³/mol. The Labute approximate surface area is 602 Å². The molecule has 0 heterocycles. The standard InChI is InChI=1S/C87H158NO8P/c1-6-8-10-12-14-16-18-20-22-24-26-28-30-32-34-36-38-40-41-42-43-44-45-46-48-49-51-53-55-57-59-61-63-65-67-69-71-73-75-77-79-86(89)93-83-85(84-95-97(91,92)94-82-81-88(3,4)5)96-87(90)80-78-76-74-72-70-68-66-64-62-60-58-56-54-52-50-47-39-37-35-33-31-29-27-25-23-21-19-17-15-13-11-9-7-2/h9,11,15,17,21,23,27,29,33,35,39,47,52,54,58,60,85H,6-8,10,12-14,16,18-20,22,24-26,28,30-32,34,36-38,40-46,48-51,53,55-57,59,61-84H2,1-5H3/b11-9-,17-15-,23-21-,29-27-,35-33-,47-39-,54-52-,60-58-. The van der Waals surface area contributed by atoms with Crippen molar-refractivity contribution in [2.24, 2.45) is 0 Å². The maximum absolute atomic E-state index is 12.9. The molecule has 0 aromatic heterocycles. The lowest BCUT2D eigenvalue weighted by atomic mass is 10.0.